The van der Waals surface area contributed by atoms with E-state index >= 15 is 0 Å². The van der Waals surface area contributed by atoms with Gasteiger partial charge in [-0.05, 0) is 44.3 Å². The number of rotatable bonds is 16. The molecule has 0 radical (unpaired) electrons. The van der Waals surface area contributed by atoms with Gasteiger partial charge in [-0.25, -0.2) is 0 Å². The summed E-state index contributed by atoms with van der Waals surface area (Å²) in [7, 11) is 0. The van der Waals surface area contributed by atoms with Crippen molar-refractivity contribution in [3.8, 4) is 0 Å². The van der Waals surface area contributed by atoms with E-state index in [9.17, 15) is 0 Å². The monoisotopic (exact) mass is 410 g/mol. The average molecular weight is 411 g/mol. The van der Waals surface area contributed by atoms with Crippen molar-refractivity contribution < 1.29 is 0 Å². The lowest BCUT2D eigenvalue weighted by Gasteiger charge is -2.14. The summed E-state index contributed by atoms with van der Waals surface area (Å²) in [5, 5.41) is 1.22. The third-order valence-corrected chi connectivity index (χ3v) is 5.99. The molecule has 0 amide bonds. The Balaban J connectivity index is 2.34. The molecule has 1 aromatic heterocycles. The second-order valence-electron chi connectivity index (χ2n) is 7.16. The maximum atomic E-state index is 5.77. The third kappa shape index (κ3) is 13.0. The van der Waals surface area contributed by atoms with Gasteiger partial charge >= 0.3 is 0 Å². The number of allylic oxidation sites excluding steroid dienone is 2. The highest BCUT2D eigenvalue weighted by molar-refractivity contribution is 7.99. The first kappa shape index (κ1) is 24.2. The van der Waals surface area contributed by atoms with Crippen molar-refractivity contribution in [3.63, 3.8) is 0 Å². The third-order valence-electron chi connectivity index (χ3n) is 4.60. The Bertz CT molecular complexity index is 572. The molecule has 1 atom stereocenters. The first-order valence-corrected chi connectivity index (χ1v) is 12.0. The predicted molar refractivity (Wildman–Crippen MR) is 122 cm³/mol. The Kier molecular flexibility index (Phi) is 14.4. The van der Waals surface area contributed by atoms with Gasteiger partial charge in [0.2, 0.25) is 10.7 Å². The zero-order chi connectivity index (χ0) is 19.7. The van der Waals surface area contributed by atoms with Crippen molar-refractivity contribution in [1.82, 2.24) is 15.0 Å². The van der Waals surface area contributed by atoms with Crippen LogP contribution in [0.1, 0.15) is 97.3 Å². The lowest BCUT2D eigenvalue weighted by Crippen LogP contribution is -2.06. The highest BCUT2D eigenvalue weighted by atomic mass is 32.2. The smallest absolute Gasteiger partial charge is 0.202 e. The molecular weight excluding hydrogens is 372 g/mol. The normalized spacial score (nSPS) is 12.7. The molecule has 0 fully saturated rings. The number of nitrogen functional groups attached to an aromatic ring is 1. The maximum absolute atomic E-state index is 5.77. The van der Waals surface area contributed by atoms with Gasteiger partial charge in [0.25, 0.3) is 0 Å². The second kappa shape index (κ2) is 16.1. The molecule has 4 nitrogen and oxygen atoms in total. The Morgan fingerprint density at radius 1 is 0.926 bits per heavy atom. The van der Waals surface area contributed by atoms with Crippen LogP contribution in [0, 0.1) is 4.77 Å². The van der Waals surface area contributed by atoms with Gasteiger partial charge in [0, 0.05) is 5.25 Å². The fourth-order valence-corrected chi connectivity index (χ4v) is 4.41. The highest BCUT2D eigenvalue weighted by Crippen LogP contribution is 2.28. The second-order valence-corrected chi connectivity index (χ2v) is 8.82. The Hall–Kier alpha value is -0.880. The zero-order valence-electron chi connectivity index (χ0n) is 17.2. The summed E-state index contributed by atoms with van der Waals surface area (Å²) in [6.07, 6.45) is 21.4. The molecule has 0 saturated heterocycles. The summed E-state index contributed by atoms with van der Waals surface area (Å²) < 4.78 is 0.413. The number of hydrogen-bond donors (Lipinski definition) is 2. The first-order valence-electron chi connectivity index (χ1n) is 10.7. The summed E-state index contributed by atoms with van der Waals surface area (Å²) in [5.74, 6) is 0.351. The molecule has 0 spiro atoms. The number of aromatic nitrogens is 3. The van der Waals surface area contributed by atoms with E-state index in [-0.39, 0.29) is 0 Å². The summed E-state index contributed by atoms with van der Waals surface area (Å²) in [5.41, 5.74) is 5.77. The predicted octanol–water partition coefficient (Wildman–Crippen LogP) is 7.24. The standard InChI is InChI=1S/C21H38N4S2/c1-3-5-7-8-9-10-11-12-13-15-17-18(16-14-6-4-2)27-21-24-19(22)23-20(26)25-21/h12-13,18H,3-11,14-17H2,1-2H3,(H3,22,23,24,25,26). The molecule has 27 heavy (non-hydrogen) atoms. The first-order chi connectivity index (χ1) is 13.2. The molecule has 1 heterocycles. The van der Waals surface area contributed by atoms with Gasteiger partial charge in [0.05, 0.1) is 0 Å². The molecule has 6 heteroatoms. The summed E-state index contributed by atoms with van der Waals surface area (Å²) >= 11 is 6.84. The van der Waals surface area contributed by atoms with Crippen LogP contribution < -0.4 is 5.73 Å². The molecule has 1 unspecified atom stereocenters. The molecule has 0 aliphatic heterocycles. The van der Waals surface area contributed by atoms with Crippen LogP contribution in [0.25, 0.3) is 0 Å². The average Bonchev–Trinajstić information content (AvgIpc) is 2.62. The van der Waals surface area contributed by atoms with Crippen LogP contribution >= 0.6 is 24.0 Å². The maximum Gasteiger partial charge on any atom is 0.202 e. The minimum absolute atomic E-state index is 0.351. The van der Waals surface area contributed by atoms with Crippen LogP contribution in [0.2, 0.25) is 0 Å². The van der Waals surface area contributed by atoms with Gasteiger partial charge in [-0.15, -0.1) is 0 Å². The van der Waals surface area contributed by atoms with Crippen LogP contribution in [-0.4, -0.2) is 20.2 Å². The topological polar surface area (TPSA) is 67.6 Å². The molecule has 1 aromatic rings. The number of aromatic amines is 1. The quantitative estimate of drug-likeness (QED) is 0.130. The number of hydrogen-bond acceptors (Lipinski definition) is 5. The van der Waals surface area contributed by atoms with E-state index in [2.05, 4.69) is 41.0 Å². The van der Waals surface area contributed by atoms with Crippen molar-refractivity contribution >= 4 is 29.9 Å². The molecule has 1 rings (SSSR count). The Morgan fingerprint density at radius 2 is 1.59 bits per heavy atom. The number of nitrogens with one attached hydrogen (secondary N) is 1. The summed E-state index contributed by atoms with van der Waals surface area (Å²) in [6, 6.07) is 0. The Morgan fingerprint density at radius 3 is 2.33 bits per heavy atom. The molecule has 154 valence electrons. The van der Waals surface area contributed by atoms with Gasteiger partial charge in [0.15, 0.2) is 5.16 Å². The van der Waals surface area contributed by atoms with Crippen LogP contribution in [0.15, 0.2) is 17.3 Å². The largest absolute Gasteiger partial charge is 0.369 e. The van der Waals surface area contributed by atoms with Crippen LogP contribution in [0.5, 0.6) is 0 Å². The number of unbranched alkanes of at least 4 members (excludes halogenated alkanes) is 8. The van der Waals surface area contributed by atoms with Gasteiger partial charge < -0.3 is 10.7 Å². The summed E-state index contributed by atoms with van der Waals surface area (Å²) in [4.78, 5) is 11.4. The molecule has 0 aliphatic carbocycles. The fourth-order valence-electron chi connectivity index (χ4n) is 3.03. The van der Waals surface area contributed by atoms with E-state index in [1.807, 2.05) is 0 Å². The van der Waals surface area contributed by atoms with Crippen LogP contribution in [-0.2, 0) is 0 Å². The molecule has 3 N–H and O–H groups in total. The lowest BCUT2D eigenvalue weighted by molar-refractivity contribution is 0.609. The SMILES string of the molecule is CCCCCCCCC=CCCC(CCCCC)Sc1nc(N)[nH]c(=S)n1. The number of nitrogens with two attached hydrogens (primary N) is 1. The van der Waals surface area contributed by atoms with E-state index in [1.54, 1.807) is 11.8 Å². The van der Waals surface area contributed by atoms with Gasteiger partial charge in [-0.1, -0.05) is 89.1 Å². The van der Waals surface area contributed by atoms with E-state index in [0.717, 1.165) is 12.8 Å². The van der Waals surface area contributed by atoms with E-state index in [0.29, 0.717) is 21.1 Å². The van der Waals surface area contributed by atoms with E-state index < -0.39 is 0 Å². The number of anilines is 1. The number of H-pyrrole nitrogens is 1. The zero-order valence-corrected chi connectivity index (χ0v) is 18.8. The number of thioether (sulfide) groups is 1. The van der Waals surface area contributed by atoms with Gasteiger partial charge in [-0.3, -0.25) is 0 Å². The van der Waals surface area contributed by atoms with Crippen molar-refractivity contribution in [2.45, 2.75) is 108 Å². The van der Waals surface area contributed by atoms with E-state index in [1.165, 1.54) is 70.6 Å². The van der Waals surface area contributed by atoms with E-state index in [4.69, 9.17) is 18.0 Å². The van der Waals surface area contributed by atoms with Crippen LogP contribution in [0.3, 0.4) is 0 Å². The minimum atomic E-state index is 0.351. The van der Waals surface area contributed by atoms with Gasteiger partial charge in [-0.2, -0.15) is 9.97 Å². The molecule has 0 aromatic carbocycles. The van der Waals surface area contributed by atoms with Crippen molar-refractivity contribution in [1.29, 1.82) is 0 Å². The molecule has 0 bridgehead atoms. The Labute approximate surface area is 175 Å². The van der Waals surface area contributed by atoms with Gasteiger partial charge in [0.1, 0.15) is 0 Å². The van der Waals surface area contributed by atoms with Crippen LogP contribution in [0.4, 0.5) is 5.95 Å². The molecule has 0 aliphatic rings. The highest BCUT2D eigenvalue weighted by Gasteiger charge is 2.12. The number of nitrogens with zero attached hydrogens (tertiary/aromatic N) is 2. The molecular formula is C21H38N4S2. The van der Waals surface area contributed by atoms with Crippen molar-refractivity contribution in [2.75, 3.05) is 5.73 Å². The van der Waals surface area contributed by atoms with Crippen molar-refractivity contribution in [2.24, 2.45) is 0 Å². The molecule has 0 saturated carbocycles. The lowest BCUT2D eigenvalue weighted by atomic mass is 10.1. The fraction of sp³-hybridized carbons (Fsp3) is 0.762. The van der Waals surface area contributed by atoms with Crippen molar-refractivity contribution in [3.05, 3.63) is 16.9 Å². The minimum Gasteiger partial charge on any atom is -0.369 e. The summed E-state index contributed by atoms with van der Waals surface area (Å²) in [6.45, 7) is 4.51.